The van der Waals surface area contributed by atoms with Crippen LogP contribution in [0.1, 0.15) is 24.1 Å². The van der Waals surface area contributed by atoms with Crippen molar-refractivity contribution in [3.05, 3.63) is 52.0 Å². The van der Waals surface area contributed by atoms with E-state index in [2.05, 4.69) is 27.3 Å². The summed E-state index contributed by atoms with van der Waals surface area (Å²) in [6.45, 7) is 1.80. The molecule has 102 valence electrons. The highest BCUT2D eigenvalue weighted by Crippen LogP contribution is 2.35. The Morgan fingerprint density at radius 3 is 2.45 bits per heavy atom. The molecule has 0 aliphatic heterocycles. The van der Waals surface area contributed by atoms with Gasteiger partial charge in [-0.15, -0.1) is 0 Å². The van der Waals surface area contributed by atoms with E-state index in [0.29, 0.717) is 16.8 Å². The fourth-order valence-electron chi connectivity index (χ4n) is 2.02. The number of nitriles is 1. The normalized spacial score (nSPS) is 11.7. The minimum Gasteiger partial charge on any atom is -0.507 e. The van der Waals surface area contributed by atoms with Crippen molar-refractivity contribution in [3.63, 3.8) is 0 Å². The van der Waals surface area contributed by atoms with E-state index in [1.54, 1.807) is 31.2 Å². The van der Waals surface area contributed by atoms with Gasteiger partial charge in [0.2, 0.25) is 0 Å². The predicted molar refractivity (Wildman–Crippen MR) is 80.7 cm³/mol. The van der Waals surface area contributed by atoms with Gasteiger partial charge in [-0.3, -0.25) is 0 Å². The van der Waals surface area contributed by atoms with Crippen LogP contribution in [0.2, 0.25) is 0 Å². The quantitative estimate of drug-likeness (QED) is 0.796. The number of halogens is 1. The van der Waals surface area contributed by atoms with Crippen LogP contribution >= 0.6 is 15.9 Å². The van der Waals surface area contributed by atoms with Gasteiger partial charge in [-0.05, 0) is 37.3 Å². The minimum absolute atomic E-state index is 0.0125. The first kappa shape index (κ1) is 14.2. The second-order valence-corrected chi connectivity index (χ2v) is 5.29. The van der Waals surface area contributed by atoms with E-state index < -0.39 is 0 Å². The monoisotopic (exact) mass is 332 g/mol. The predicted octanol–water partition coefficient (Wildman–Crippen LogP) is 3.91. The lowest BCUT2D eigenvalue weighted by Gasteiger charge is -2.19. The molecule has 0 aromatic heterocycles. The number of nitrogens with zero attached hydrogens (tertiary/aromatic N) is 1. The van der Waals surface area contributed by atoms with Gasteiger partial charge in [0.1, 0.15) is 17.6 Å². The van der Waals surface area contributed by atoms with Crippen molar-refractivity contribution in [1.82, 2.24) is 0 Å². The first-order chi connectivity index (χ1) is 9.52. The average molecular weight is 333 g/mol. The molecule has 3 N–H and O–H groups in total. The summed E-state index contributed by atoms with van der Waals surface area (Å²) < 4.78 is 0.840. The molecule has 0 fully saturated rings. The highest BCUT2D eigenvalue weighted by molar-refractivity contribution is 9.10. The molecule has 1 atom stereocenters. The zero-order valence-electron chi connectivity index (χ0n) is 10.8. The average Bonchev–Trinajstić information content (AvgIpc) is 2.38. The summed E-state index contributed by atoms with van der Waals surface area (Å²) in [6, 6.07) is 11.6. The van der Waals surface area contributed by atoms with E-state index >= 15 is 0 Å². The number of benzene rings is 2. The van der Waals surface area contributed by atoms with E-state index in [4.69, 9.17) is 5.26 Å². The van der Waals surface area contributed by atoms with Crippen LogP contribution in [0.5, 0.6) is 11.5 Å². The molecule has 2 aromatic rings. The van der Waals surface area contributed by atoms with E-state index in [1.165, 1.54) is 12.1 Å². The third kappa shape index (κ3) is 2.86. The summed E-state index contributed by atoms with van der Waals surface area (Å²) >= 11 is 3.35. The van der Waals surface area contributed by atoms with E-state index in [-0.39, 0.29) is 17.5 Å². The lowest BCUT2D eigenvalue weighted by Crippen LogP contribution is -2.08. The first-order valence-corrected chi connectivity index (χ1v) is 6.79. The smallest absolute Gasteiger partial charge is 0.124 e. The molecule has 5 heteroatoms. The van der Waals surface area contributed by atoms with Crippen LogP contribution in [0, 0.1) is 11.3 Å². The summed E-state index contributed by atoms with van der Waals surface area (Å²) in [5, 5.41) is 31.9. The zero-order valence-corrected chi connectivity index (χ0v) is 12.3. The van der Waals surface area contributed by atoms with E-state index in [9.17, 15) is 10.2 Å². The molecular weight excluding hydrogens is 320 g/mol. The molecule has 1 unspecified atom stereocenters. The maximum absolute atomic E-state index is 9.85. The number of hydrogen-bond donors (Lipinski definition) is 3. The van der Waals surface area contributed by atoms with Gasteiger partial charge in [-0.2, -0.15) is 5.26 Å². The van der Waals surface area contributed by atoms with Crippen molar-refractivity contribution in [2.45, 2.75) is 13.0 Å². The molecule has 20 heavy (non-hydrogen) atoms. The molecule has 0 radical (unpaired) electrons. The lowest BCUT2D eigenvalue weighted by atomic mass is 10.0. The maximum Gasteiger partial charge on any atom is 0.124 e. The number of hydrogen-bond acceptors (Lipinski definition) is 4. The van der Waals surface area contributed by atoms with Crippen molar-refractivity contribution < 1.29 is 10.2 Å². The molecule has 0 saturated carbocycles. The Morgan fingerprint density at radius 1 is 1.20 bits per heavy atom. The third-order valence-corrected chi connectivity index (χ3v) is 3.46. The fraction of sp³-hybridized carbons (Fsp3) is 0.133. The summed E-state index contributed by atoms with van der Waals surface area (Å²) in [5.74, 6) is 0.0250. The Morgan fingerprint density at radius 2 is 1.85 bits per heavy atom. The SMILES string of the molecule is CC(Nc1cc(Br)ccc1C#N)c1c(O)cccc1O. The summed E-state index contributed by atoms with van der Waals surface area (Å²) in [5.41, 5.74) is 1.53. The van der Waals surface area contributed by atoms with Gasteiger partial charge in [0, 0.05) is 4.47 Å². The molecule has 4 nitrogen and oxygen atoms in total. The summed E-state index contributed by atoms with van der Waals surface area (Å²) in [4.78, 5) is 0. The van der Waals surface area contributed by atoms with Crippen LogP contribution in [0.4, 0.5) is 5.69 Å². The Bertz CT molecular complexity index is 660. The van der Waals surface area contributed by atoms with Crippen LogP contribution in [0.15, 0.2) is 40.9 Å². The second kappa shape index (κ2) is 5.85. The Kier molecular flexibility index (Phi) is 4.16. The number of rotatable bonds is 3. The molecule has 0 saturated heterocycles. The van der Waals surface area contributed by atoms with Crippen LogP contribution in [0.25, 0.3) is 0 Å². The number of nitrogens with one attached hydrogen (secondary N) is 1. The van der Waals surface area contributed by atoms with E-state index in [1.807, 2.05) is 0 Å². The van der Waals surface area contributed by atoms with Gasteiger partial charge in [-0.25, -0.2) is 0 Å². The largest absolute Gasteiger partial charge is 0.507 e. The van der Waals surface area contributed by atoms with Gasteiger partial charge in [0.25, 0.3) is 0 Å². The van der Waals surface area contributed by atoms with Crippen LogP contribution in [-0.4, -0.2) is 10.2 Å². The molecule has 0 spiro atoms. The number of phenols is 2. The first-order valence-electron chi connectivity index (χ1n) is 6.00. The van der Waals surface area contributed by atoms with Crippen LogP contribution < -0.4 is 5.32 Å². The lowest BCUT2D eigenvalue weighted by molar-refractivity contribution is 0.434. The number of aromatic hydroxyl groups is 2. The van der Waals surface area contributed by atoms with Gasteiger partial charge in [-0.1, -0.05) is 22.0 Å². The highest BCUT2D eigenvalue weighted by atomic mass is 79.9. The molecule has 0 bridgehead atoms. The topological polar surface area (TPSA) is 76.3 Å². The molecule has 0 heterocycles. The van der Waals surface area contributed by atoms with E-state index in [0.717, 1.165) is 4.47 Å². The van der Waals surface area contributed by atoms with Crippen molar-refractivity contribution >= 4 is 21.6 Å². The van der Waals surface area contributed by atoms with Gasteiger partial charge >= 0.3 is 0 Å². The molecular formula is C15H13BrN2O2. The molecule has 0 aliphatic carbocycles. The Labute approximate surface area is 125 Å². The Balaban J connectivity index is 2.35. The fourth-order valence-corrected chi connectivity index (χ4v) is 2.38. The molecule has 2 aromatic carbocycles. The summed E-state index contributed by atoms with van der Waals surface area (Å²) in [6.07, 6.45) is 0. The van der Waals surface area contributed by atoms with Gasteiger partial charge < -0.3 is 15.5 Å². The maximum atomic E-state index is 9.85. The van der Waals surface area contributed by atoms with Crippen molar-refractivity contribution in [2.24, 2.45) is 0 Å². The standard InChI is InChI=1S/C15H13BrN2O2/c1-9(15-13(19)3-2-4-14(15)20)18-12-7-11(16)6-5-10(12)8-17/h2-7,9,18-20H,1H3. The number of anilines is 1. The molecule has 0 amide bonds. The molecule has 2 rings (SSSR count). The summed E-state index contributed by atoms with van der Waals surface area (Å²) in [7, 11) is 0. The zero-order chi connectivity index (χ0) is 14.7. The van der Waals surface area contributed by atoms with Crippen LogP contribution in [0.3, 0.4) is 0 Å². The number of phenolic OH excluding ortho intramolecular Hbond substituents is 2. The minimum atomic E-state index is -0.349. The molecule has 0 aliphatic rings. The Hall–Kier alpha value is -2.19. The van der Waals surface area contributed by atoms with Crippen molar-refractivity contribution in [2.75, 3.05) is 5.32 Å². The third-order valence-electron chi connectivity index (χ3n) is 2.97. The van der Waals surface area contributed by atoms with Crippen molar-refractivity contribution in [3.8, 4) is 17.6 Å². The second-order valence-electron chi connectivity index (χ2n) is 4.38. The van der Waals surface area contributed by atoms with Crippen LogP contribution in [-0.2, 0) is 0 Å². The van der Waals surface area contributed by atoms with Crippen molar-refractivity contribution in [1.29, 1.82) is 5.26 Å². The highest BCUT2D eigenvalue weighted by Gasteiger charge is 2.16. The van der Waals surface area contributed by atoms with Gasteiger partial charge in [0.05, 0.1) is 22.9 Å². The van der Waals surface area contributed by atoms with Gasteiger partial charge in [0.15, 0.2) is 0 Å².